The Kier molecular flexibility index (Phi) is 5.95. The minimum atomic E-state index is -0.397. The van der Waals surface area contributed by atoms with Crippen LogP contribution in [0.1, 0.15) is 15.2 Å². The molecule has 0 aliphatic carbocycles. The number of anilines is 1. The monoisotopic (exact) mass is 393 g/mol. The van der Waals surface area contributed by atoms with Crippen molar-refractivity contribution < 1.29 is 9.59 Å². The Bertz CT molecular complexity index is 740. The van der Waals surface area contributed by atoms with E-state index in [0.717, 1.165) is 14.4 Å². The molecule has 0 aliphatic heterocycles. The number of hydrogen-bond acceptors (Lipinski definition) is 4. The Hall–Kier alpha value is -2.12. The molecule has 0 unspecified atom stereocenters. The van der Waals surface area contributed by atoms with Gasteiger partial charge in [0.25, 0.3) is 11.8 Å². The molecule has 1 aromatic heterocycles. The van der Waals surface area contributed by atoms with E-state index in [-0.39, 0.29) is 5.91 Å². The van der Waals surface area contributed by atoms with Crippen LogP contribution in [0.5, 0.6) is 0 Å². The fourth-order valence-electron chi connectivity index (χ4n) is 1.73. The molecule has 0 atom stereocenters. The number of halogens is 1. The summed E-state index contributed by atoms with van der Waals surface area (Å²) in [5.41, 5.74) is 6.14. The van der Waals surface area contributed by atoms with Crippen LogP contribution in [-0.4, -0.2) is 25.9 Å². The predicted octanol–water partition coefficient (Wildman–Crippen LogP) is 3.05. The predicted molar refractivity (Wildman–Crippen MR) is 97.4 cm³/mol. The average molecular weight is 394 g/mol. The van der Waals surface area contributed by atoms with E-state index < -0.39 is 5.91 Å². The van der Waals surface area contributed by atoms with E-state index >= 15 is 0 Å². The molecule has 0 radical (unpaired) electrons. The summed E-state index contributed by atoms with van der Waals surface area (Å²) in [6, 6.07) is 10.9. The summed E-state index contributed by atoms with van der Waals surface area (Å²) in [7, 11) is 3.79. The molecule has 23 heavy (non-hydrogen) atoms. The summed E-state index contributed by atoms with van der Waals surface area (Å²) >= 11 is 4.87. The molecule has 2 N–H and O–H groups in total. The molecule has 0 spiro atoms. The lowest BCUT2D eigenvalue weighted by Gasteiger charge is -2.13. The fraction of sp³-hybridized carbons (Fsp3) is 0.125. The summed E-state index contributed by atoms with van der Waals surface area (Å²) < 4.78 is 0.992. The van der Waals surface area contributed by atoms with Gasteiger partial charge in [0.1, 0.15) is 0 Å². The molecule has 0 saturated carbocycles. The first kappa shape index (κ1) is 17.2. The van der Waals surface area contributed by atoms with E-state index in [9.17, 15) is 9.59 Å². The van der Waals surface area contributed by atoms with Gasteiger partial charge < -0.3 is 4.90 Å². The molecule has 7 heteroatoms. The number of nitrogens with zero attached hydrogens (tertiary/aromatic N) is 1. The van der Waals surface area contributed by atoms with Crippen LogP contribution in [-0.2, 0) is 4.79 Å². The number of rotatable bonds is 4. The van der Waals surface area contributed by atoms with E-state index in [4.69, 9.17) is 0 Å². The van der Waals surface area contributed by atoms with Gasteiger partial charge in [0.05, 0.1) is 3.79 Å². The topological polar surface area (TPSA) is 61.4 Å². The van der Waals surface area contributed by atoms with Gasteiger partial charge in [0, 0.05) is 36.3 Å². The molecule has 1 heterocycles. The van der Waals surface area contributed by atoms with Gasteiger partial charge >= 0.3 is 0 Å². The van der Waals surface area contributed by atoms with Crippen molar-refractivity contribution >= 4 is 50.8 Å². The first-order chi connectivity index (χ1) is 11.0. The second kappa shape index (κ2) is 7.94. The van der Waals surface area contributed by atoms with Gasteiger partial charge in [0.2, 0.25) is 0 Å². The van der Waals surface area contributed by atoms with Crippen LogP contribution in [0.2, 0.25) is 0 Å². The lowest BCUT2D eigenvalue weighted by molar-refractivity contribution is -0.117. The number of hydrazine groups is 1. The third kappa shape index (κ3) is 5.22. The first-order valence-electron chi connectivity index (χ1n) is 6.77. The highest BCUT2D eigenvalue weighted by Gasteiger charge is 2.07. The van der Waals surface area contributed by atoms with E-state index in [1.54, 1.807) is 24.3 Å². The smallest absolute Gasteiger partial charge is 0.269 e. The second-order valence-electron chi connectivity index (χ2n) is 4.86. The van der Waals surface area contributed by atoms with Crippen LogP contribution in [0, 0.1) is 0 Å². The average Bonchev–Trinajstić information content (AvgIpc) is 2.96. The zero-order chi connectivity index (χ0) is 16.8. The summed E-state index contributed by atoms with van der Waals surface area (Å²) in [6.07, 6.45) is 3.05. The van der Waals surface area contributed by atoms with Gasteiger partial charge in [-0.05, 0) is 52.3 Å². The standard InChI is InChI=1S/C16H16BrN3O2S/c1-20(2)12-5-3-4-11(10-12)16(22)19-18-15(21)9-7-13-6-8-14(17)23-13/h3-10H,1-2H3,(H,18,21)(H,19,22)/b9-7+. The number of nitrogens with one attached hydrogen (secondary N) is 2. The molecule has 2 rings (SSSR count). The molecule has 0 bridgehead atoms. The minimum absolute atomic E-state index is 0.366. The highest BCUT2D eigenvalue weighted by Crippen LogP contribution is 2.22. The Balaban J connectivity index is 1.90. The van der Waals surface area contributed by atoms with E-state index in [0.29, 0.717) is 5.56 Å². The van der Waals surface area contributed by atoms with Crippen LogP contribution in [0.25, 0.3) is 6.08 Å². The van der Waals surface area contributed by atoms with Crippen molar-refractivity contribution in [3.05, 3.63) is 56.7 Å². The van der Waals surface area contributed by atoms with Gasteiger partial charge in [-0.1, -0.05) is 6.07 Å². The lowest BCUT2D eigenvalue weighted by Crippen LogP contribution is -2.40. The van der Waals surface area contributed by atoms with Crippen molar-refractivity contribution in [2.45, 2.75) is 0 Å². The summed E-state index contributed by atoms with van der Waals surface area (Å²) in [6.45, 7) is 0. The highest BCUT2D eigenvalue weighted by atomic mass is 79.9. The Morgan fingerprint density at radius 2 is 1.96 bits per heavy atom. The zero-order valence-electron chi connectivity index (χ0n) is 12.7. The number of carbonyl (C=O) groups excluding carboxylic acids is 2. The maximum Gasteiger partial charge on any atom is 0.269 e. The molecule has 5 nitrogen and oxygen atoms in total. The minimum Gasteiger partial charge on any atom is -0.378 e. The second-order valence-corrected chi connectivity index (χ2v) is 7.36. The van der Waals surface area contributed by atoms with Crippen LogP contribution in [0.4, 0.5) is 5.69 Å². The molecule has 0 saturated heterocycles. The molecule has 1 aromatic carbocycles. The van der Waals surface area contributed by atoms with Crippen LogP contribution in [0.3, 0.4) is 0 Å². The normalized spacial score (nSPS) is 10.6. The summed E-state index contributed by atoms with van der Waals surface area (Å²) in [5.74, 6) is -0.763. The first-order valence-corrected chi connectivity index (χ1v) is 8.38. The largest absolute Gasteiger partial charge is 0.378 e. The quantitative estimate of drug-likeness (QED) is 0.619. The Morgan fingerprint density at radius 3 is 2.61 bits per heavy atom. The van der Waals surface area contributed by atoms with Gasteiger partial charge in [-0.25, -0.2) is 0 Å². The summed E-state index contributed by atoms with van der Waals surface area (Å²) in [5, 5.41) is 0. The zero-order valence-corrected chi connectivity index (χ0v) is 15.1. The third-order valence-corrected chi connectivity index (χ3v) is 4.51. The summed E-state index contributed by atoms with van der Waals surface area (Å²) in [4.78, 5) is 26.6. The number of benzene rings is 1. The Labute approximate surface area is 147 Å². The Morgan fingerprint density at radius 1 is 1.17 bits per heavy atom. The van der Waals surface area contributed by atoms with Crippen molar-refractivity contribution in [3.63, 3.8) is 0 Å². The molecule has 120 valence electrons. The van der Waals surface area contributed by atoms with Crippen LogP contribution < -0.4 is 15.8 Å². The van der Waals surface area contributed by atoms with Crippen molar-refractivity contribution in [1.82, 2.24) is 10.9 Å². The van der Waals surface area contributed by atoms with Crippen molar-refractivity contribution in [3.8, 4) is 0 Å². The number of hydrogen-bond donors (Lipinski definition) is 2. The molecule has 0 fully saturated rings. The molecular formula is C16H16BrN3O2S. The maximum atomic E-state index is 12.0. The van der Waals surface area contributed by atoms with Crippen LogP contribution >= 0.6 is 27.3 Å². The van der Waals surface area contributed by atoms with Crippen LogP contribution in [0.15, 0.2) is 46.3 Å². The van der Waals surface area contributed by atoms with Gasteiger partial charge in [-0.15, -0.1) is 11.3 Å². The van der Waals surface area contributed by atoms with Gasteiger partial charge in [-0.2, -0.15) is 0 Å². The third-order valence-electron chi connectivity index (χ3n) is 2.92. The number of thiophene rings is 1. The molecular weight excluding hydrogens is 378 g/mol. The van der Waals surface area contributed by atoms with E-state index in [1.807, 2.05) is 37.2 Å². The SMILES string of the molecule is CN(C)c1cccc(C(=O)NNC(=O)/C=C/c2ccc(Br)s2)c1. The van der Waals surface area contributed by atoms with E-state index in [1.165, 1.54) is 17.4 Å². The fourth-order valence-corrected chi connectivity index (χ4v) is 3.06. The number of amides is 2. The molecule has 2 aromatic rings. The van der Waals surface area contributed by atoms with Gasteiger partial charge in [0.15, 0.2) is 0 Å². The van der Waals surface area contributed by atoms with Gasteiger partial charge in [-0.3, -0.25) is 20.4 Å². The van der Waals surface area contributed by atoms with E-state index in [2.05, 4.69) is 26.8 Å². The molecule has 2 amide bonds. The highest BCUT2D eigenvalue weighted by molar-refractivity contribution is 9.11. The van der Waals surface area contributed by atoms with Crippen molar-refractivity contribution in [2.24, 2.45) is 0 Å². The lowest BCUT2D eigenvalue weighted by atomic mass is 10.2. The van der Waals surface area contributed by atoms with Crippen molar-refractivity contribution in [2.75, 3.05) is 19.0 Å². The number of carbonyl (C=O) groups is 2. The molecule has 0 aliphatic rings. The van der Waals surface area contributed by atoms with Crippen molar-refractivity contribution in [1.29, 1.82) is 0 Å². The maximum absolute atomic E-state index is 12.0.